The maximum absolute atomic E-state index is 12.9. The van der Waals surface area contributed by atoms with Gasteiger partial charge in [-0.2, -0.15) is 0 Å². The van der Waals surface area contributed by atoms with Crippen LogP contribution in [0.25, 0.3) is 0 Å². The molecule has 1 saturated heterocycles. The van der Waals surface area contributed by atoms with Crippen molar-refractivity contribution in [3.05, 3.63) is 65.5 Å². The molecule has 0 saturated carbocycles. The molecule has 1 heterocycles. The van der Waals surface area contributed by atoms with Crippen LogP contribution in [0.1, 0.15) is 17.5 Å². The fourth-order valence-corrected chi connectivity index (χ4v) is 3.03. The second-order valence-corrected chi connectivity index (χ2v) is 7.07. The molecular weight excluding hydrogens is 379 g/mol. The van der Waals surface area contributed by atoms with E-state index in [4.69, 9.17) is 12.2 Å². The Morgan fingerprint density at radius 2 is 1.82 bits per heavy atom. The summed E-state index contributed by atoms with van der Waals surface area (Å²) in [4.78, 5) is 26.2. The first-order chi connectivity index (χ1) is 13.4. The van der Waals surface area contributed by atoms with Crippen LogP contribution in [0.15, 0.2) is 48.5 Å². The van der Waals surface area contributed by atoms with Crippen LogP contribution in [0.5, 0.6) is 0 Å². The second-order valence-electron chi connectivity index (χ2n) is 6.66. The van der Waals surface area contributed by atoms with Crippen LogP contribution >= 0.6 is 12.2 Å². The van der Waals surface area contributed by atoms with Crippen molar-refractivity contribution < 1.29 is 14.0 Å². The number of thiocarbonyl (C=S) groups is 1. The maximum Gasteiger partial charge on any atom is 0.243 e. The van der Waals surface area contributed by atoms with Gasteiger partial charge in [-0.25, -0.2) is 4.39 Å². The largest absolute Gasteiger partial charge is 0.357 e. The Kier molecular flexibility index (Phi) is 6.20. The summed E-state index contributed by atoms with van der Waals surface area (Å²) in [6.45, 7) is 2.70. The number of halogens is 1. The second kappa shape index (κ2) is 8.79. The molecule has 0 unspecified atom stereocenters. The fourth-order valence-electron chi connectivity index (χ4n) is 2.91. The lowest BCUT2D eigenvalue weighted by Gasteiger charge is -2.17. The van der Waals surface area contributed by atoms with Gasteiger partial charge >= 0.3 is 0 Å². The van der Waals surface area contributed by atoms with Crippen molar-refractivity contribution in [1.82, 2.24) is 16.2 Å². The number of hydrazine groups is 1. The van der Waals surface area contributed by atoms with E-state index in [1.165, 1.54) is 12.1 Å². The molecule has 2 aromatic carbocycles. The molecule has 8 heteroatoms. The number of nitrogens with one attached hydrogen (secondary N) is 3. The van der Waals surface area contributed by atoms with Crippen LogP contribution in [0.2, 0.25) is 0 Å². The summed E-state index contributed by atoms with van der Waals surface area (Å²) in [6, 6.07) is 13.6. The number of carbonyl (C=O) groups is 2. The monoisotopic (exact) mass is 400 g/mol. The first-order valence-corrected chi connectivity index (χ1v) is 9.28. The predicted octanol–water partition coefficient (Wildman–Crippen LogP) is 2.18. The molecule has 0 bridgehead atoms. The minimum atomic E-state index is -0.457. The van der Waals surface area contributed by atoms with Gasteiger partial charge in [-0.1, -0.05) is 29.8 Å². The van der Waals surface area contributed by atoms with Crippen LogP contribution in [0.3, 0.4) is 0 Å². The van der Waals surface area contributed by atoms with E-state index in [0.717, 1.165) is 16.8 Å². The number of nitrogens with zero attached hydrogens (tertiary/aromatic N) is 1. The van der Waals surface area contributed by atoms with E-state index in [0.29, 0.717) is 13.1 Å². The van der Waals surface area contributed by atoms with Crippen molar-refractivity contribution in [1.29, 1.82) is 0 Å². The molecule has 2 aromatic rings. The van der Waals surface area contributed by atoms with E-state index in [9.17, 15) is 14.0 Å². The highest BCUT2D eigenvalue weighted by molar-refractivity contribution is 7.80. The molecule has 1 aliphatic heterocycles. The first-order valence-electron chi connectivity index (χ1n) is 8.87. The van der Waals surface area contributed by atoms with E-state index in [-0.39, 0.29) is 29.2 Å². The van der Waals surface area contributed by atoms with Crippen LogP contribution in [-0.2, 0) is 16.1 Å². The van der Waals surface area contributed by atoms with E-state index < -0.39 is 5.92 Å². The Hall–Kier alpha value is -3.00. The van der Waals surface area contributed by atoms with Crippen molar-refractivity contribution in [3.63, 3.8) is 0 Å². The van der Waals surface area contributed by atoms with E-state index >= 15 is 0 Å². The highest BCUT2D eigenvalue weighted by Crippen LogP contribution is 2.25. The molecule has 0 aromatic heterocycles. The van der Waals surface area contributed by atoms with Gasteiger partial charge in [0.05, 0.1) is 5.92 Å². The van der Waals surface area contributed by atoms with Crippen LogP contribution in [0.4, 0.5) is 10.1 Å². The van der Waals surface area contributed by atoms with Crippen molar-refractivity contribution in [2.45, 2.75) is 19.9 Å². The van der Waals surface area contributed by atoms with Gasteiger partial charge in [-0.05, 0) is 49.0 Å². The number of benzene rings is 2. The summed E-state index contributed by atoms with van der Waals surface area (Å²) in [6.07, 6.45) is 0.150. The quantitative estimate of drug-likeness (QED) is 0.542. The minimum Gasteiger partial charge on any atom is -0.357 e. The van der Waals surface area contributed by atoms with Gasteiger partial charge in [0.1, 0.15) is 5.82 Å². The zero-order valence-corrected chi connectivity index (χ0v) is 16.2. The smallest absolute Gasteiger partial charge is 0.243 e. The van der Waals surface area contributed by atoms with Crippen molar-refractivity contribution in [3.8, 4) is 0 Å². The van der Waals surface area contributed by atoms with Crippen molar-refractivity contribution in [2.24, 2.45) is 5.92 Å². The van der Waals surface area contributed by atoms with Gasteiger partial charge in [-0.15, -0.1) is 0 Å². The molecule has 0 spiro atoms. The molecule has 1 atom stereocenters. The summed E-state index contributed by atoms with van der Waals surface area (Å²) in [5.41, 5.74) is 7.92. The van der Waals surface area contributed by atoms with Gasteiger partial charge in [0.2, 0.25) is 11.8 Å². The third-order valence-electron chi connectivity index (χ3n) is 4.51. The lowest BCUT2D eigenvalue weighted by Crippen LogP contribution is -2.48. The molecule has 6 nitrogen and oxygen atoms in total. The summed E-state index contributed by atoms with van der Waals surface area (Å²) in [7, 11) is 0. The SMILES string of the molecule is Cc1ccc(N2C[C@@H](C(=O)NNC(=S)NCc3ccc(F)cc3)CC2=O)cc1. The standard InChI is InChI=1S/C20H21FN4O2S/c1-13-2-8-17(9-3-13)25-12-15(10-18(25)26)19(27)23-24-20(28)22-11-14-4-6-16(21)7-5-14/h2-9,15H,10-12H2,1H3,(H,23,27)(H2,22,24,28)/t15-/m0/s1. The van der Waals surface area contributed by atoms with Gasteiger partial charge in [0, 0.05) is 25.2 Å². The normalized spacial score (nSPS) is 16.0. The predicted molar refractivity (Wildman–Crippen MR) is 109 cm³/mol. The van der Waals surface area contributed by atoms with E-state index in [2.05, 4.69) is 16.2 Å². The van der Waals surface area contributed by atoms with Crippen LogP contribution < -0.4 is 21.1 Å². The number of aryl methyl sites for hydroxylation is 1. The van der Waals surface area contributed by atoms with Gasteiger partial charge in [-0.3, -0.25) is 20.4 Å². The molecule has 0 radical (unpaired) electrons. The Morgan fingerprint density at radius 3 is 2.50 bits per heavy atom. The summed E-state index contributed by atoms with van der Waals surface area (Å²) in [5.74, 6) is -1.14. The molecule has 0 aliphatic carbocycles. The van der Waals surface area contributed by atoms with Crippen molar-refractivity contribution in [2.75, 3.05) is 11.4 Å². The average Bonchev–Trinajstić information content (AvgIpc) is 3.08. The summed E-state index contributed by atoms with van der Waals surface area (Å²) < 4.78 is 12.9. The molecule has 2 amide bonds. The zero-order valence-electron chi connectivity index (χ0n) is 15.4. The Bertz CT molecular complexity index is 871. The van der Waals surface area contributed by atoms with E-state index in [1.54, 1.807) is 17.0 Å². The Morgan fingerprint density at radius 1 is 1.14 bits per heavy atom. The lowest BCUT2D eigenvalue weighted by molar-refractivity contribution is -0.126. The number of hydrogen-bond donors (Lipinski definition) is 3. The molecule has 3 N–H and O–H groups in total. The van der Waals surface area contributed by atoms with Crippen LogP contribution in [-0.4, -0.2) is 23.5 Å². The highest BCUT2D eigenvalue weighted by atomic mass is 32.1. The molecule has 28 heavy (non-hydrogen) atoms. The highest BCUT2D eigenvalue weighted by Gasteiger charge is 2.35. The molecule has 3 rings (SSSR count). The minimum absolute atomic E-state index is 0.0824. The number of rotatable bonds is 4. The average molecular weight is 400 g/mol. The number of amides is 2. The summed E-state index contributed by atoms with van der Waals surface area (Å²) in [5, 5.41) is 3.15. The Labute approximate surface area is 168 Å². The number of hydrogen-bond acceptors (Lipinski definition) is 3. The first kappa shape index (κ1) is 19.8. The summed E-state index contributed by atoms with van der Waals surface area (Å²) >= 11 is 5.12. The van der Waals surface area contributed by atoms with Gasteiger partial charge in [0.15, 0.2) is 5.11 Å². The Balaban J connectivity index is 1.45. The van der Waals surface area contributed by atoms with Gasteiger partial charge in [0.25, 0.3) is 0 Å². The van der Waals surface area contributed by atoms with Crippen molar-refractivity contribution >= 4 is 34.8 Å². The third kappa shape index (κ3) is 5.04. The number of anilines is 1. The topological polar surface area (TPSA) is 73.5 Å². The molecule has 1 aliphatic rings. The molecule has 146 valence electrons. The third-order valence-corrected chi connectivity index (χ3v) is 4.75. The molecule has 1 fully saturated rings. The lowest BCUT2D eigenvalue weighted by atomic mass is 10.1. The fraction of sp³-hybridized carbons (Fsp3) is 0.250. The maximum atomic E-state index is 12.9. The molecular formula is C20H21FN4O2S. The van der Waals surface area contributed by atoms with Crippen LogP contribution in [0, 0.1) is 18.7 Å². The van der Waals surface area contributed by atoms with E-state index in [1.807, 2.05) is 31.2 Å². The zero-order chi connectivity index (χ0) is 20.1. The number of carbonyl (C=O) groups excluding carboxylic acids is 2. The van der Waals surface area contributed by atoms with Gasteiger partial charge < -0.3 is 10.2 Å².